The number of ether oxygens (including phenoxy) is 3. The minimum atomic E-state index is -0.167. The zero-order chi connectivity index (χ0) is 20.6. The van der Waals surface area contributed by atoms with Crippen LogP contribution in [0.5, 0.6) is 17.2 Å². The van der Waals surface area contributed by atoms with E-state index in [-0.39, 0.29) is 11.7 Å². The second-order valence-corrected chi connectivity index (χ2v) is 6.82. The maximum absolute atomic E-state index is 12.1. The number of methoxy groups -OCH3 is 3. The Morgan fingerprint density at radius 2 is 1.76 bits per heavy atom. The summed E-state index contributed by atoms with van der Waals surface area (Å²) in [6, 6.07) is 12.7. The van der Waals surface area contributed by atoms with E-state index in [1.165, 1.54) is 11.8 Å². The summed E-state index contributed by atoms with van der Waals surface area (Å²) in [5.74, 6) is 2.46. The van der Waals surface area contributed by atoms with Crippen molar-refractivity contribution < 1.29 is 23.4 Å². The number of carbonyl (C=O) groups excluding carboxylic acids is 1. The van der Waals surface area contributed by atoms with Gasteiger partial charge in [0.15, 0.2) is 11.5 Å². The highest BCUT2D eigenvalue weighted by molar-refractivity contribution is 7.99. The number of nitrogens with one attached hydrogen (secondary N) is 1. The van der Waals surface area contributed by atoms with Crippen LogP contribution in [0.1, 0.15) is 11.5 Å². The van der Waals surface area contributed by atoms with Gasteiger partial charge in [0.05, 0.1) is 33.5 Å². The van der Waals surface area contributed by atoms with E-state index in [2.05, 4.69) is 15.5 Å². The molecule has 0 aliphatic rings. The van der Waals surface area contributed by atoms with E-state index < -0.39 is 0 Å². The van der Waals surface area contributed by atoms with Crippen molar-refractivity contribution in [3.63, 3.8) is 0 Å². The van der Waals surface area contributed by atoms with Crippen molar-refractivity contribution in [3.05, 3.63) is 53.9 Å². The van der Waals surface area contributed by atoms with E-state index in [1.807, 2.05) is 18.2 Å². The molecule has 1 amide bonds. The Hall–Kier alpha value is -3.20. The number of benzene rings is 2. The van der Waals surface area contributed by atoms with Gasteiger partial charge in [0, 0.05) is 5.69 Å². The van der Waals surface area contributed by atoms with Gasteiger partial charge in [-0.15, -0.1) is 10.2 Å². The fraction of sp³-hybridized carbons (Fsp3) is 0.250. The molecule has 0 atom stereocenters. The minimum Gasteiger partial charge on any atom is -0.497 e. The number of rotatable bonds is 9. The number of hydrogen-bond acceptors (Lipinski definition) is 8. The number of nitrogens with zero attached hydrogens (tertiary/aromatic N) is 2. The van der Waals surface area contributed by atoms with Gasteiger partial charge in [-0.1, -0.05) is 17.8 Å². The summed E-state index contributed by atoms with van der Waals surface area (Å²) < 4.78 is 21.2. The SMILES string of the molecule is COc1ccc(NC(=O)CSc2nnc(Cc3ccc(OC)c(OC)c3)o2)cc1. The first-order chi connectivity index (χ1) is 14.1. The van der Waals surface area contributed by atoms with Gasteiger partial charge in [-0.05, 0) is 42.0 Å². The summed E-state index contributed by atoms with van der Waals surface area (Å²) >= 11 is 1.18. The van der Waals surface area contributed by atoms with Gasteiger partial charge in [0.25, 0.3) is 5.22 Å². The van der Waals surface area contributed by atoms with Crippen LogP contribution in [0.2, 0.25) is 0 Å². The highest BCUT2D eigenvalue weighted by Crippen LogP contribution is 2.28. The lowest BCUT2D eigenvalue weighted by Gasteiger charge is -2.08. The standard InChI is InChI=1S/C20H21N3O5S/c1-25-15-7-5-14(6-8-15)21-18(24)12-29-20-23-22-19(28-20)11-13-4-9-16(26-2)17(10-13)27-3/h4-10H,11-12H2,1-3H3,(H,21,24). The Morgan fingerprint density at radius 1 is 1.00 bits per heavy atom. The van der Waals surface area contributed by atoms with Crippen molar-refractivity contribution in [2.24, 2.45) is 0 Å². The maximum Gasteiger partial charge on any atom is 0.277 e. The number of amides is 1. The third-order valence-corrected chi connectivity index (χ3v) is 4.77. The van der Waals surface area contributed by atoms with Gasteiger partial charge >= 0.3 is 0 Å². The smallest absolute Gasteiger partial charge is 0.277 e. The van der Waals surface area contributed by atoms with Gasteiger partial charge in [-0.3, -0.25) is 4.79 Å². The lowest BCUT2D eigenvalue weighted by Crippen LogP contribution is -2.13. The lowest BCUT2D eigenvalue weighted by molar-refractivity contribution is -0.113. The van der Waals surface area contributed by atoms with Crippen LogP contribution < -0.4 is 19.5 Å². The van der Waals surface area contributed by atoms with Crippen LogP contribution in [0.25, 0.3) is 0 Å². The molecule has 1 heterocycles. The van der Waals surface area contributed by atoms with E-state index in [4.69, 9.17) is 18.6 Å². The molecule has 29 heavy (non-hydrogen) atoms. The quantitative estimate of drug-likeness (QED) is 0.531. The molecule has 8 nitrogen and oxygen atoms in total. The second-order valence-electron chi connectivity index (χ2n) is 5.89. The Kier molecular flexibility index (Phi) is 6.96. The first kappa shape index (κ1) is 20.5. The van der Waals surface area contributed by atoms with Gasteiger partial charge in [0.2, 0.25) is 11.8 Å². The molecule has 3 aromatic rings. The maximum atomic E-state index is 12.1. The van der Waals surface area contributed by atoms with Crippen LogP contribution in [0, 0.1) is 0 Å². The van der Waals surface area contributed by atoms with Crippen molar-refractivity contribution >= 4 is 23.4 Å². The first-order valence-electron chi connectivity index (χ1n) is 8.71. The zero-order valence-electron chi connectivity index (χ0n) is 16.3. The highest BCUT2D eigenvalue weighted by atomic mass is 32.2. The van der Waals surface area contributed by atoms with Crippen LogP contribution >= 0.6 is 11.8 Å². The lowest BCUT2D eigenvalue weighted by atomic mass is 10.1. The molecule has 0 unspecified atom stereocenters. The third kappa shape index (κ3) is 5.64. The van der Waals surface area contributed by atoms with E-state index in [9.17, 15) is 4.79 Å². The molecule has 0 saturated carbocycles. The summed E-state index contributed by atoms with van der Waals surface area (Å²) in [7, 11) is 4.76. The number of carbonyl (C=O) groups is 1. The molecule has 1 aromatic heterocycles. The van der Waals surface area contributed by atoms with E-state index >= 15 is 0 Å². The van der Waals surface area contributed by atoms with Gasteiger partial charge in [-0.25, -0.2) is 0 Å². The molecule has 3 rings (SSSR count). The van der Waals surface area contributed by atoms with Crippen molar-refractivity contribution in [3.8, 4) is 17.2 Å². The van der Waals surface area contributed by atoms with E-state index in [1.54, 1.807) is 45.6 Å². The van der Waals surface area contributed by atoms with Crippen molar-refractivity contribution in [1.29, 1.82) is 0 Å². The van der Waals surface area contributed by atoms with Crippen molar-refractivity contribution in [1.82, 2.24) is 10.2 Å². The van der Waals surface area contributed by atoms with Crippen LogP contribution in [0.15, 0.2) is 52.1 Å². The van der Waals surface area contributed by atoms with E-state index in [0.717, 1.165) is 11.3 Å². The molecule has 0 bridgehead atoms. The predicted molar refractivity (Wildman–Crippen MR) is 109 cm³/mol. The molecule has 1 N–H and O–H groups in total. The Balaban J connectivity index is 1.52. The predicted octanol–water partition coefficient (Wildman–Crippen LogP) is 3.42. The molecular formula is C20H21N3O5S. The van der Waals surface area contributed by atoms with E-state index in [0.29, 0.717) is 34.7 Å². The van der Waals surface area contributed by atoms with Crippen LogP contribution in [0.3, 0.4) is 0 Å². The monoisotopic (exact) mass is 415 g/mol. The molecule has 2 aromatic carbocycles. The molecule has 152 valence electrons. The average Bonchev–Trinajstić information content (AvgIpc) is 3.20. The zero-order valence-corrected chi connectivity index (χ0v) is 17.1. The number of aromatic nitrogens is 2. The largest absolute Gasteiger partial charge is 0.497 e. The van der Waals surface area contributed by atoms with Crippen LogP contribution in [-0.4, -0.2) is 43.2 Å². The summed E-state index contributed by atoms with van der Waals surface area (Å²) in [5.41, 5.74) is 1.64. The summed E-state index contributed by atoms with van der Waals surface area (Å²) in [6.45, 7) is 0. The van der Waals surface area contributed by atoms with Crippen molar-refractivity contribution in [2.45, 2.75) is 11.6 Å². The molecule has 0 spiro atoms. The van der Waals surface area contributed by atoms with Gasteiger partial charge < -0.3 is 23.9 Å². The fourth-order valence-corrected chi connectivity index (χ4v) is 3.11. The topological polar surface area (TPSA) is 95.7 Å². The number of thioether (sulfide) groups is 1. The molecule has 0 aliphatic carbocycles. The first-order valence-corrected chi connectivity index (χ1v) is 9.70. The minimum absolute atomic E-state index is 0.157. The Bertz CT molecular complexity index is 959. The fourth-order valence-electron chi connectivity index (χ4n) is 2.53. The molecule has 0 radical (unpaired) electrons. The summed E-state index contributed by atoms with van der Waals surface area (Å²) in [4.78, 5) is 12.1. The normalized spacial score (nSPS) is 10.4. The Morgan fingerprint density at radius 3 is 2.45 bits per heavy atom. The summed E-state index contributed by atoms with van der Waals surface area (Å²) in [6.07, 6.45) is 0.450. The molecule has 0 fully saturated rings. The molecule has 0 saturated heterocycles. The van der Waals surface area contributed by atoms with Crippen LogP contribution in [-0.2, 0) is 11.2 Å². The highest BCUT2D eigenvalue weighted by Gasteiger charge is 2.12. The number of anilines is 1. The van der Waals surface area contributed by atoms with Crippen molar-refractivity contribution in [2.75, 3.05) is 32.4 Å². The van der Waals surface area contributed by atoms with Gasteiger partial charge in [-0.2, -0.15) is 0 Å². The Labute approximate surface area is 172 Å². The third-order valence-electron chi connectivity index (χ3n) is 3.95. The molecular weight excluding hydrogens is 394 g/mol. The summed E-state index contributed by atoms with van der Waals surface area (Å²) in [5, 5.41) is 11.2. The molecule has 0 aliphatic heterocycles. The second kappa shape index (κ2) is 9.83. The average molecular weight is 415 g/mol. The van der Waals surface area contributed by atoms with Gasteiger partial charge in [0.1, 0.15) is 5.75 Å². The van der Waals surface area contributed by atoms with Crippen LogP contribution in [0.4, 0.5) is 5.69 Å². The molecule has 9 heteroatoms. The number of hydrogen-bond donors (Lipinski definition) is 1.